The molecule has 2 nitrogen and oxygen atoms in total. The maximum atomic E-state index is 3.63. The van der Waals surface area contributed by atoms with Gasteiger partial charge in [0.25, 0.3) is 0 Å². The molecule has 2 aliphatic rings. The Labute approximate surface area is 150 Å². The lowest BCUT2D eigenvalue weighted by Crippen LogP contribution is -2.45. The third kappa shape index (κ3) is 4.34. The molecule has 1 atom stereocenters. The van der Waals surface area contributed by atoms with Gasteiger partial charge in [-0.15, -0.1) is 24.8 Å². The standard InChI is InChI=1S/C14H18Br2N2.2ClH/c15-12-4-3-11(9-13(12)16)14(10-1-2-10)18-7-5-17-6-8-18;;/h3-4,9-10,14,17H,1-2,5-8H2;2*1H/t14-;;/m1../s1. The molecule has 20 heavy (non-hydrogen) atoms. The van der Waals surface area contributed by atoms with Crippen molar-refractivity contribution in [3.05, 3.63) is 32.7 Å². The molecule has 6 heteroatoms. The van der Waals surface area contributed by atoms with E-state index in [1.54, 1.807) is 0 Å². The summed E-state index contributed by atoms with van der Waals surface area (Å²) in [6.45, 7) is 4.60. The van der Waals surface area contributed by atoms with E-state index in [1.165, 1.54) is 36.0 Å². The number of nitrogens with zero attached hydrogens (tertiary/aromatic N) is 1. The van der Waals surface area contributed by atoms with Gasteiger partial charge in [-0.2, -0.15) is 0 Å². The monoisotopic (exact) mass is 444 g/mol. The molecule has 0 amide bonds. The van der Waals surface area contributed by atoms with Crippen LogP contribution in [-0.4, -0.2) is 31.1 Å². The fraction of sp³-hybridized carbons (Fsp3) is 0.571. The number of benzene rings is 1. The normalized spacial score (nSPS) is 20.7. The van der Waals surface area contributed by atoms with E-state index < -0.39 is 0 Å². The van der Waals surface area contributed by atoms with Gasteiger partial charge in [0, 0.05) is 41.2 Å². The molecule has 1 heterocycles. The minimum atomic E-state index is 0. The molecule has 1 N–H and O–H groups in total. The summed E-state index contributed by atoms with van der Waals surface area (Å²) in [5.41, 5.74) is 1.47. The van der Waals surface area contributed by atoms with Crippen molar-refractivity contribution in [2.45, 2.75) is 18.9 Å². The van der Waals surface area contributed by atoms with Crippen LogP contribution in [0.5, 0.6) is 0 Å². The van der Waals surface area contributed by atoms with Gasteiger partial charge in [0.2, 0.25) is 0 Å². The highest BCUT2D eigenvalue weighted by Crippen LogP contribution is 2.45. The lowest BCUT2D eigenvalue weighted by Gasteiger charge is -2.35. The lowest BCUT2D eigenvalue weighted by atomic mass is 10.00. The van der Waals surface area contributed by atoms with Crippen molar-refractivity contribution >= 4 is 56.7 Å². The second-order valence-electron chi connectivity index (χ2n) is 5.24. The largest absolute Gasteiger partial charge is 0.314 e. The van der Waals surface area contributed by atoms with Crippen LogP contribution in [0.25, 0.3) is 0 Å². The topological polar surface area (TPSA) is 15.3 Å². The van der Waals surface area contributed by atoms with Crippen LogP contribution in [0.1, 0.15) is 24.4 Å². The molecule has 0 radical (unpaired) electrons. The zero-order chi connectivity index (χ0) is 12.5. The van der Waals surface area contributed by atoms with Crippen molar-refractivity contribution in [1.29, 1.82) is 0 Å². The summed E-state index contributed by atoms with van der Waals surface area (Å²) in [5.74, 6) is 0.871. The summed E-state index contributed by atoms with van der Waals surface area (Å²) >= 11 is 7.19. The average Bonchev–Trinajstić information content (AvgIpc) is 3.20. The van der Waals surface area contributed by atoms with Crippen molar-refractivity contribution in [2.24, 2.45) is 5.92 Å². The van der Waals surface area contributed by atoms with Crippen molar-refractivity contribution in [3.63, 3.8) is 0 Å². The third-order valence-electron chi connectivity index (χ3n) is 3.90. The van der Waals surface area contributed by atoms with Gasteiger partial charge in [0.1, 0.15) is 0 Å². The quantitative estimate of drug-likeness (QED) is 0.739. The van der Waals surface area contributed by atoms with E-state index in [1.807, 2.05) is 0 Å². The summed E-state index contributed by atoms with van der Waals surface area (Å²) in [5, 5.41) is 3.44. The Morgan fingerprint density at radius 2 is 1.70 bits per heavy atom. The van der Waals surface area contributed by atoms with Gasteiger partial charge in [-0.25, -0.2) is 0 Å². The Morgan fingerprint density at radius 1 is 1.05 bits per heavy atom. The Hall–Kier alpha value is 0.680. The first kappa shape index (κ1) is 18.7. The zero-order valence-electron chi connectivity index (χ0n) is 11.1. The van der Waals surface area contributed by atoms with Gasteiger partial charge in [0.15, 0.2) is 0 Å². The average molecular weight is 447 g/mol. The Bertz CT molecular complexity index is 435. The maximum absolute atomic E-state index is 3.63. The van der Waals surface area contributed by atoms with Crippen LogP contribution in [0.2, 0.25) is 0 Å². The highest BCUT2D eigenvalue weighted by atomic mass is 79.9. The molecular formula is C14H20Br2Cl2N2. The Balaban J connectivity index is 0.000001000. The number of piperazine rings is 1. The van der Waals surface area contributed by atoms with Gasteiger partial charge in [0.05, 0.1) is 0 Å². The first-order valence-electron chi connectivity index (χ1n) is 6.65. The molecule has 0 aromatic heterocycles. The maximum Gasteiger partial charge on any atom is 0.0377 e. The minimum Gasteiger partial charge on any atom is -0.314 e. The fourth-order valence-electron chi connectivity index (χ4n) is 2.85. The first-order valence-corrected chi connectivity index (χ1v) is 8.24. The molecular weight excluding hydrogens is 427 g/mol. The van der Waals surface area contributed by atoms with Crippen LogP contribution < -0.4 is 5.32 Å². The van der Waals surface area contributed by atoms with E-state index in [0.29, 0.717) is 6.04 Å². The molecule has 2 fully saturated rings. The Kier molecular flexibility index (Phi) is 7.82. The number of hydrogen-bond donors (Lipinski definition) is 1. The van der Waals surface area contributed by atoms with Gasteiger partial charge in [-0.1, -0.05) is 6.07 Å². The second kappa shape index (κ2) is 8.35. The predicted octanol–water partition coefficient (Wildman–Crippen LogP) is 4.41. The van der Waals surface area contributed by atoms with Crippen LogP contribution in [0, 0.1) is 5.92 Å². The molecule has 0 spiro atoms. The van der Waals surface area contributed by atoms with Crippen LogP contribution >= 0.6 is 56.7 Å². The highest BCUT2D eigenvalue weighted by molar-refractivity contribution is 9.13. The van der Waals surface area contributed by atoms with E-state index in [4.69, 9.17) is 0 Å². The molecule has 1 aromatic rings. The van der Waals surface area contributed by atoms with E-state index in [2.05, 4.69) is 60.3 Å². The molecule has 1 saturated heterocycles. The van der Waals surface area contributed by atoms with Crippen LogP contribution in [-0.2, 0) is 0 Å². The van der Waals surface area contributed by atoms with Crippen LogP contribution in [0.3, 0.4) is 0 Å². The van der Waals surface area contributed by atoms with Gasteiger partial charge in [-0.05, 0) is 68.3 Å². The van der Waals surface area contributed by atoms with E-state index in [9.17, 15) is 0 Å². The number of hydrogen-bond acceptors (Lipinski definition) is 2. The van der Waals surface area contributed by atoms with Crippen molar-refractivity contribution in [1.82, 2.24) is 10.2 Å². The van der Waals surface area contributed by atoms with E-state index in [0.717, 1.165) is 23.5 Å². The second-order valence-corrected chi connectivity index (χ2v) is 6.95. The van der Waals surface area contributed by atoms with Crippen LogP contribution in [0.15, 0.2) is 27.1 Å². The van der Waals surface area contributed by atoms with Gasteiger partial charge in [-0.3, -0.25) is 4.90 Å². The summed E-state index contributed by atoms with van der Waals surface area (Å²) in [7, 11) is 0. The van der Waals surface area contributed by atoms with Crippen molar-refractivity contribution in [3.8, 4) is 0 Å². The number of nitrogens with one attached hydrogen (secondary N) is 1. The molecule has 0 bridgehead atoms. The smallest absolute Gasteiger partial charge is 0.0377 e. The molecule has 3 rings (SSSR count). The Morgan fingerprint density at radius 3 is 2.25 bits per heavy atom. The van der Waals surface area contributed by atoms with E-state index in [-0.39, 0.29) is 24.8 Å². The zero-order valence-corrected chi connectivity index (χ0v) is 16.0. The molecule has 1 saturated carbocycles. The van der Waals surface area contributed by atoms with Crippen LogP contribution in [0.4, 0.5) is 0 Å². The predicted molar refractivity (Wildman–Crippen MR) is 96.2 cm³/mol. The summed E-state index contributed by atoms with van der Waals surface area (Å²) < 4.78 is 2.31. The number of rotatable bonds is 3. The summed E-state index contributed by atoms with van der Waals surface area (Å²) in [4.78, 5) is 2.66. The SMILES string of the molecule is Brc1ccc([C@@H](C2CC2)N2CCNCC2)cc1Br.Cl.Cl. The molecule has 1 aromatic carbocycles. The van der Waals surface area contributed by atoms with Crippen molar-refractivity contribution in [2.75, 3.05) is 26.2 Å². The minimum absolute atomic E-state index is 0. The van der Waals surface area contributed by atoms with E-state index >= 15 is 0 Å². The lowest BCUT2D eigenvalue weighted by molar-refractivity contribution is 0.156. The molecule has 0 unspecified atom stereocenters. The third-order valence-corrected chi connectivity index (χ3v) is 5.78. The summed E-state index contributed by atoms with van der Waals surface area (Å²) in [6, 6.07) is 7.35. The highest BCUT2D eigenvalue weighted by Gasteiger charge is 2.36. The summed E-state index contributed by atoms with van der Waals surface area (Å²) in [6.07, 6.45) is 2.78. The number of halogens is 4. The van der Waals surface area contributed by atoms with Crippen molar-refractivity contribution < 1.29 is 0 Å². The first-order chi connectivity index (χ1) is 8.75. The van der Waals surface area contributed by atoms with Gasteiger partial charge < -0.3 is 5.32 Å². The van der Waals surface area contributed by atoms with Gasteiger partial charge >= 0.3 is 0 Å². The molecule has 1 aliphatic carbocycles. The fourth-order valence-corrected chi connectivity index (χ4v) is 3.49. The molecule has 1 aliphatic heterocycles. The molecule has 114 valence electrons.